The summed E-state index contributed by atoms with van der Waals surface area (Å²) in [5.41, 5.74) is 2.26. The molecule has 0 fully saturated rings. The van der Waals surface area contributed by atoms with Crippen LogP contribution in [-0.4, -0.2) is 0 Å². The predicted octanol–water partition coefficient (Wildman–Crippen LogP) is 5.98. The number of alkyl halides is 1. The van der Waals surface area contributed by atoms with Crippen LogP contribution in [0.4, 0.5) is 0 Å². The van der Waals surface area contributed by atoms with E-state index in [0.29, 0.717) is 12.5 Å². The Kier molecular flexibility index (Phi) is 4.29. The number of hydrogen-bond donors (Lipinski definition) is 0. The van der Waals surface area contributed by atoms with Crippen molar-refractivity contribution in [1.29, 1.82) is 0 Å². The zero-order chi connectivity index (χ0) is 13.9. The fourth-order valence-electron chi connectivity index (χ4n) is 2.05. The van der Waals surface area contributed by atoms with Gasteiger partial charge in [0.25, 0.3) is 0 Å². The molecule has 3 rings (SSSR count). The van der Waals surface area contributed by atoms with Crippen LogP contribution in [0.25, 0.3) is 10.1 Å². The van der Waals surface area contributed by atoms with Crippen molar-refractivity contribution in [2.24, 2.45) is 0 Å². The third kappa shape index (κ3) is 2.85. The second kappa shape index (κ2) is 6.17. The van der Waals surface area contributed by atoms with E-state index in [-0.39, 0.29) is 0 Å². The number of ether oxygens (including phenoxy) is 1. The summed E-state index contributed by atoms with van der Waals surface area (Å²) in [6.07, 6.45) is 0. The molecule has 4 heteroatoms. The summed E-state index contributed by atoms with van der Waals surface area (Å²) in [6.45, 7) is 0.577. The summed E-state index contributed by atoms with van der Waals surface area (Å²) in [5, 5.41) is 3.43. The molecule has 20 heavy (non-hydrogen) atoms. The van der Waals surface area contributed by atoms with Crippen LogP contribution < -0.4 is 4.74 Å². The molecule has 1 aromatic heterocycles. The molecule has 2 aromatic carbocycles. The van der Waals surface area contributed by atoms with Crippen LogP contribution in [0.5, 0.6) is 5.75 Å². The molecule has 0 aliphatic heterocycles. The number of hydrogen-bond acceptors (Lipinski definition) is 2. The second-order valence-corrected chi connectivity index (χ2v) is 6.47. The number of halogens is 2. The molecule has 0 unspecified atom stereocenters. The van der Waals surface area contributed by atoms with Crippen molar-refractivity contribution in [2.45, 2.75) is 12.5 Å². The van der Waals surface area contributed by atoms with Gasteiger partial charge in [-0.05, 0) is 40.6 Å². The Balaban J connectivity index is 1.79. The van der Waals surface area contributed by atoms with E-state index in [1.54, 1.807) is 11.3 Å². The van der Waals surface area contributed by atoms with Crippen LogP contribution in [0.1, 0.15) is 11.1 Å². The number of benzene rings is 2. The summed E-state index contributed by atoms with van der Waals surface area (Å²) in [6, 6.07) is 14.3. The van der Waals surface area contributed by atoms with Gasteiger partial charge in [0.15, 0.2) is 0 Å². The van der Waals surface area contributed by atoms with Gasteiger partial charge in [-0.15, -0.1) is 22.9 Å². The zero-order valence-corrected chi connectivity index (χ0v) is 13.8. The minimum absolute atomic E-state index is 0.471. The largest absolute Gasteiger partial charge is 0.489 e. The fraction of sp³-hybridized carbons (Fsp3) is 0.125. The Bertz CT molecular complexity index is 738. The lowest BCUT2D eigenvalue weighted by Crippen LogP contribution is -1.95. The van der Waals surface area contributed by atoms with E-state index in [0.717, 1.165) is 15.8 Å². The molecule has 0 bridgehead atoms. The van der Waals surface area contributed by atoms with E-state index >= 15 is 0 Å². The topological polar surface area (TPSA) is 9.23 Å². The van der Waals surface area contributed by atoms with Gasteiger partial charge in [-0.3, -0.25) is 0 Å². The van der Waals surface area contributed by atoms with Gasteiger partial charge >= 0.3 is 0 Å². The Morgan fingerprint density at radius 1 is 1.10 bits per heavy atom. The molecule has 1 heterocycles. The van der Waals surface area contributed by atoms with E-state index in [1.807, 2.05) is 18.2 Å². The Hall–Kier alpha value is -1.03. The third-order valence-corrected chi connectivity index (χ3v) is 5.19. The van der Waals surface area contributed by atoms with Gasteiger partial charge in [0.2, 0.25) is 0 Å². The quantitative estimate of drug-likeness (QED) is 0.515. The molecule has 0 saturated heterocycles. The fourth-order valence-corrected chi connectivity index (χ4v) is 3.77. The van der Waals surface area contributed by atoms with E-state index in [1.165, 1.54) is 15.6 Å². The van der Waals surface area contributed by atoms with Crippen LogP contribution in [0, 0.1) is 0 Å². The van der Waals surface area contributed by atoms with Gasteiger partial charge in [0.1, 0.15) is 12.4 Å². The van der Waals surface area contributed by atoms with Crippen LogP contribution >= 0.6 is 38.9 Å². The third-order valence-electron chi connectivity index (χ3n) is 3.12. The van der Waals surface area contributed by atoms with Gasteiger partial charge in [0, 0.05) is 20.6 Å². The summed E-state index contributed by atoms with van der Waals surface area (Å²) < 4.78 is 8.19. The van der Waals surface area contributed by atoms with Crippen molar-refractivity contribution < 1.29 is 4.74 Å². The molecule has 1 nitrogen and oxygen atoms in total. The van der Waals surface area contributed by atoms with Gasteiger partial charge in [0.05, 0.1) is 0 Å². The minimum atomic E-state index is 0.471. The van der Waals surface area contributed by atoms with Gasteiger partial charge in [-0.1, -0.05) is 34.1 Å². The number of rotatable bonds is 4. The van der Waals surface area contributed by atoms with Gasteiger partial charge < -0.3 is 4.74 Å². The molecule has 0 saturated carbocycles. The molecule has 0 radical (unpaired) electrons. The van der Waals surface area contributed by atoms with Gasteiger partial charge in [-0.25, -0.2) is 0 Å². The highest BCUT2D eigenvalue weighted by Gasteiger charge is 2.05. The lowest BCUT2D eigenvalue weighted by Gasteiger charge is -2.08. The van der Waals surface area contributed by atoms with Crippen molar-refractivity contribution in [1.82, 2.24) is 0 Å². The van der Waals surface area contributed by atoms with Crippen molar-refractivity contribution in [3.05, 3.63) is 63.4 Å². The molecular formula is C16H12BrClOS. The monoisotopic (exact) mass is 366 g/mol. The summed E-state index contributed by atoms with van der Waals surface area (Å²) in [7, 11) is 0. The van der Waals surface area contributed by atoms with E-state index in [2.05, 4.69) is 45.6 Å². The molecule has 3 aromatic rings. The first-order valence-corrected chi connectivity index (χ1v) is 8.41. The maximum Gasteiger partial charge on any atom is 0.120 e. The zero-order valence-electron chi connectivity index (χ0n) is 10.6. The normalized spacial score (nSPS) is 10.9. The van der Waals surface area contributed by atoms with Crippen LogP contribution in [-0.2, 0) is 12.5 Å². The van der Waals surface area contributed by atoms with E-state index < -0.39 is 0 Å². The highest BCUT2D eigenvalue weighted by atomic mass is 79.9. The smallest absolute Gasteiger partial charge is 0.120 e. The summed E-state index contributed by atoms with van der Waals surface area (Å²) >= 11 is 11.1. The lowest BCUT2D eigenvalue weighted by molar-refractivity contribution is 0.308. The first-order valence-electron chi connectivity index (χ1n) is 6.20. The SMILES string of the molecule is ClCc1cc(OCc2csc3ccccc23)ccc1Br. The lowest BCUT2D eigenvalue weighted by atomic mass is 10.2. The molecule has 0 spiro atoms. The molecule has 0 atom stereocenters. The average molecular weight is 368 g/mol. The number of thiophene rings is 1. The first-order chi connectivity index (χ1) is 9.78. The van der Waals surface area contributed by atoms with Crippen LogP contribution in [0.2, 0.25) is 0 Å². The van der Waals surface area contributed by atoms with E-state index in [9.17, 15) is 0 Å². The highest BCUT2D eigenvalue weighted by molar-refractivity contribution is 9.10. The van der Waals surface area contributed by atoms with Crippen molar-refractivity contribution >= 4 is 49.0 Å². The Morgan fingerprint density at radius 2 is 1.95 bits per heavy atom. The Labute approximate surface area is 135 Å². The predicted molar refractivity (Wildman–Crippen MR) is 89.9 cm³/mol. The second-order valence-electron chi connectivity index (χ2n) is 4.43. The van der Waals surface area contributed by atoms with Crippen LogP contribution in [0.15, 0.2) is 52.3 Å². The maximum atomic E-state index is 5.90. The maximum absolute atomic E-state index is 5.90. The highest BCUT2D eigenvalue weighted by Crippen LogP contribution is 2.28. The molecule has 0 aliphatic carbocycles. The molecule has 0 aliphatic rings. The van der Waals surface area contributed by atoms with Crippen molar-refractivity contribution in [2.75, 3.05) is 0 Å². The molecule has 0 amide bonds. The molecule has 102 valence electrons. The summed E-state index contributed by atoms with van der Waals surface area (Å²) in [5.74, 6) is 1.32. The molecule has 0 N–H and O–H groups in total. The average Bonchev–Trinajstić information content (AvgIpc) is 2.90. The minimum Gasteiger partial charge on any atom is -0.489 e. The molecular weight excluding hydrogens is 356 g/mol. The van der Waals surface area contributed by atoms with Crippen LogP contribution in [0.3, 0.4) is 0 Å². The standard InChI is InChI=1S/C16H12BrClOS/c17-15-6-5-13(7-11(15)8-18)19-9-12-10-20-16-4-2-1-3-14(12)16/h1-7,10H,8-9H2. The van der Waals surface area contributed by atoms with Crippen molar-refractivity contribution in [3.8, 4) is 5.75 Å². The van der Waals surface area contributed by atoms with E-state index in [4.69, 9.17) is 16.3 Å². The van der Waals surface area contributed by atoms with Gasteiger partial charge in [-0.2, -0.15) is 0 Å². The number of fused-ring (bicyclic) bond motifs is 1. The summed E-state index contributed by atoms with van der Waals surface area (Å²) in [4.78, 5) is 0. The first kappa shape index (κ1) is 13.9. The Morgan fingerprint density at radius 3 is 2.80 bits per heavy atom. The van der Waals surface area contributed by atoms with Crippen molar-refractivity contribution in [3.63, 3.8) is 0 Å².